The van der Waals surface area contributed by atoms with Gasteiger partial charge in [0.25, 0.3) is 0 Å². The van der Waals surface area contributed by atoms with Crippen LogP contribution in [0.15, 0.2) is 0 Å². The van der Waals surface area contributed by atoms with E-state index in [4.69, 9.17) is 5.73 Å². The van der Waals surface area contributed by atoms with Crippen LogP contribution < -0.4 is 5.73 Å². The van der Waals surface area contributed by atoms with Crippen LogP contribution in [0.3, 0.4) is 0 Å². The molecule has 0 aromatic heterocycles. The van der Waals surface area contributed by atoms with Crippen LogP contribution in [0.4, 0.5) is 0 Å². The van der Waals surface area contributed by atoms with Crippen molar-refractivity contribution >= 4 is 5.91 Å². The third-order valence-corrected chi connectivity index (χ3v) is 4.67. The fourth-order valence-corrected chi connectivity index (χ4v) is 3.37. The van der Waals surface area contributed by atoms with Gasteiger partial charge in [-0.3, -0.25) is 4.79 Å². The number of rotatable bonds is 3. The van der Waals surface area contributed by atoms with Crippen LogP contribution in [0.1, 0.15) is 38.5 Å². The molecule has 3 unspecified atom stereocenters. The second-order valence-electron chi connectivity index (χ2n) is 6.05. The van der Waals surface area contributed by atoms with Crippen LogP contribution in [0.2, 0.25) is 0 Å². The summed E-state index contributed by atoms with van der Waals surface area (Å²) in [5, 5.41) is 0. The molecule has 0 aromatic carbocycles. The average Bonchev–Trinajstić information content (AvgIpc) is 2.75. The lowest BCUT2D eigenvalue weighted by Crippen LogP contribution is -2.47. The fourth-order valence-electron chi connectivity index (χ4n) is 3.37. The molecule has 1 saturated heterocycles. The summed E-state index contributed by atoms with van der Waals surface area (Å²) >= 11 is 0. The number of likely N-dealkylation sites (N-methyl/N-ethyl adjacent to an activating group) is 2. The van der Waals surface area contributed by atoms with Gasteiger partial charge in [-0.1, -0.05) is 12.8 Å². The predicted octanol–water partition coefficient (Wildman–Crippen LogP) is 1.06. The maximum atomic E-state index is 12.4. The smallest absolute Gasteiger partial charge is 0.227 e. The first-order chi connectivity index (χ1) is 8.59. The Morgan fingerprint density at radius 2 is 2.00 bits per heavy atom. The van der Waals surface area contributed by atoms with Crippen LogP contribution >= 0.6 is 0 Å². The highest BCUT2D eigenvalue weighted by atomic mass is 16.2. The number of nitrogens with two attached hydrogens (primary N) is 1. The summed E-state index contributed by atoms with van der Waals surface area (Å²) in [6, 6.07) is 0.619. The molecule has 2 fully saturated rings. The fraction of sp³-hybridized carbons (Fsp3) is 0.929. The Morgan fingerprint density at radius 3 is 2.61 bits per heavy atom. The van der Waals surface area contributed by atoms with Gasteiger partial charge in [-0.25, -0.2) is 0 Å². The molecule has 1 aliphatic carbocycles. The summed E-state index contributed by atoms with van der Waals surface area (Å²) in [7, 11) is 4.10. The number of carbonyl (C=O) groups excluding carboxylic acids is 1. The maximum absolute atomic E-state index is 12.4. The summed E-state index contributed by atoms with van der Waals surface area (Å²) in [6.07, 6.45) is 6.79. The van der Waals surface area contributed by atoms with Gasteiger partial charge in [0, 0.05) is 25.7 Å². The van der Waals surface area contributed by atoms with Crippen LogP contribution in [0.5, 0.6) is 0 Å². The molecule has 1 aliphatic heterocycles. The van der Waals surface area contributed by atoms with Gasteiger partial charge in [-0.2, -0.15) is 0 Å². The maximum Gasteiger partial charge on any atom is 0.227 e. The first kappa shape index (κ1) is 13.8. The lowest BCUT2D eigenvalue weighted by Gasteiger charge is -2.33. The van der Waals surface area contributed by atoms with E-state index in [1.165, 1.54) is 19.3 Å². The van der Waals surface area contributed by atoms with Crippen molar-refractivity contribution in [1.82, 2.24) is 9.80 Å². The molecular formula is C14H27N3O. The van der Waals surface area contributed by atoms with Gasteiger partial charge in [0.2, 0.25) is 5.91 Å². The van der Waals surface area contributed by atoms with Crippen LogP contribution in [0.25, 0.3) is 0 Å². The Hall–Kier alpha value is -0.610. The van der Waals surface area contributed by atoms with Gasteiger partial charge in [-0.15, -0.1) is 0 Å². The number of hydrogen-bond acceptors (Lipinski definition) is 3. The highest BCUT2D eigenvalue weighted by Crippen LogP contribution is 2.25. The van der Waals surface area contributed by atoms with Crippen molar-refractivity contribution in [2.75, 3.05) is 27.2 Å². The van der Waals surface area contributed by atoms with Crippen molar-refractivity contribution in [3.63, 3.8) is 0 Å². The van der Waals surface area contributed by atoms with Gasteiger partial charge >= 0.3 is 0 Å². The largest absolute Gasteiger partial charge is 0.344 e. The minimum Gasteiger partial charge on any atom is -0.344 e. The van der Waals surface area contributed by atoms with E-state index >= 15 is 0 Å². The van der Waals surface area contributed by atoms with E-state index in [1.54, 1.807) is 0 Å². The SMILES string of the molecule is CN(CC1CCCN1C)C(=O)C1CCCCC1N. The van der Waals surface area contributed by atoms with Crippen LogP contribution in [0, 0.1) is 5.92 Å². The zero-order chi connectivity index (χ0) is 13.1. The van der Waals surface area contributed by atoms with E-state index in [0.717, 1.165) is 32.4 Å². The molecule has 18 heavy (non-hydrogen) atoms. The Morgan fingerprint density at radius 1 is 1.28 bits per heavy atom. The molecule has 2 N–H and O–H groups in total. The molecule has 0 bridgehead atoms. The highest BCUT2D eigenvalue weighted by Gasteiger charge is 2.32. The molecule has 2 aliphatic rings. The molecule has 1 saturated carbocycles. The first-order valence-electron chi connectivity index (χ1n) is 7.30. The van der Waals surface area contributed by atoms with E-state index in [9.17, 15) is 4.79 Å². The molecule has 0 aromatic rings. The summed E-state index contributed by atoms with van der Waals surface area (Å²) < 4.78 is 0. The van der Waals surface area contributed by atoms with E-state index in [1.807, 2.05) is 11.9 Å². The zero-order valence-electron chi connectivity index (χ0n) is 11.8. The third-order valence-electron chi connectivity index (χ3n) is 4.67. The molecule has 1 amide bonds. The average molecular weight is 253 g/mol. The van der Waals surface area contributed by atoms with Crippen molar-refractivity contribution in [3.8, 4) is 0 Å². The van der Waals surface area contributed by atoms with Crippen LogP contribution in [-0.2, 0) is 4.79 Å². The Bertz CT molecular complexity index is 295. The summed E-state index contributed by atoms with van der Waals surface area (Å²) in [5.74, 6) is 0.331. The molecule has 3 atom stereocenters. The van der Waals surface area contributed by atoms with Crippen molar-refractivity contribution in [3.05, 3.63) is 0 Å². The summed E-state index contributed by atoms with van der Waals surface area (Å²) in [5.41, 5.74) is 6.10. The minimum atomic E-state index is 0.0652. The van der Waals surface area contributed by atoms with Crippen molar-refractivity contribution in [2.45, 2.75) is 50.6 Å². The predicted molar refractivity (Wildman–Crippen MR) is 73.2 cm³/mol. The standard InChI is InChI=1S/C14H27N3O/c1-16-9-5-6-11(16)10-17(2)14(18)12-7-3-4-8-13(12)15/h11-13H,3-10,15H2,1-2H3. The number of amides is 1. The monoisotopic (exact) mass is 253 g/mol. The van der Waals surface area contributed by atoms with Crippen molar-refractivity contribution in [2.24, 2.45) is 11.7 Å². The normalized spacial score (nSPS) is 33.6. The molecule has 1 heterocycles. The van der Waals surface area contributed by atoms with Gasteiger partial charge < -0.3 is 15.5 Å². The van der Waals surface area contributed by atoms with Crippen molar-refractivity contribution < 1.29 is 4.79 Å². The molecule has 4 nitrogen and oxygen atoms in total. The van der Waals surface area contributed by atoms with E-state index < -0.39 is 0 Å². The van der Waals surface area contributed by atoms with Gasteiger partial charge in [0.15, 0.2) is 0 Å². The molecule has 2 rings (SSSR count). The summed E-state index contributed by atoms with van der Waals surface area (Å²) in [4.78, 5) is 16.7. The second kappa shape index (κ2) is 6.02. The minimum absolute atomic E-state index is 0.0652. The summed E-state index contributed by atoms with van der Waals surface area (Å²) in [6.45, 7) is 2.02. The van der Waals surface area contributed by atoms with Gasteiger partial charge in [-0.05, 0) is 39.3 Å². The van der Waals surface area contributed by atoms with E-state index in [-0.39, 0.29) is 17.9 Å². The van der Waals surface area contributed by atoms with E-state index in [0.29, 0.717) is 6.04 Å². The number of likely N-dealkylation sites (tertiary alicyclic amines) is 1. The van der Waals surface area contributed by atoms with E-state index in [2.05, 4.69) is 11.9 Å². The highest BCUT2D eigenvalue weighted by molar-refractivity contribution is 5.79. The molecule has 4 heteroatoms. The zero-order valence-corrected chi connectivity index (χ0v) is 11.8. The van der Waals surface area contributed by atoms with Crippen LogP contribution in [-0.4, -0.2) is 55.0 Å². The molecular weight excluding hydrogens is 226 g/mol. The van der Waals surface area contributed by atoms with Gasteiger partial charge in [0.1, 0.15) is 0 Å². The quantitative estimate of drug-likeness (QED) is 0.818. The topological polar surface area (TPSA) is 49.6 Å². The third kappa shape index (κ3) is 3.04. The lowest BCUT2D eigenvalue weighted by atomic mass is 9.84. The molecule has 0 spiro atoms. The van der Waals surface area contributed by atoms with Gasteiger partial charge in [0.05, 0.1) is 5.92 Å². The number of carbonyl (C=O) groups is 1. The molecule has 104 valence electrons. The first-order valence-corrected chi connectivity index (χ1v) is 7.30. The second-order valence-corrected chi connectivity index (χ2v) is 6.05. The number of hydrogen-bond donors (Lipinski definition) is 1. The Balaban J connectivity index is 1.87. The Kier molecular flexibility index (Phi) is 4.62. The van der Waals surface area contributed by atoms with Crippen molar-refractivity contribution in [1.29, 1.82) is 0 Å². The lowest BCUT2D eigenvalue weighted by molar-refractivity contribution is -0.136. The number of nitrogens with zero attached hydrogens (tertiary/aromatic N) is 2. The Labute approximate surface area is 110 Å². The molecule has 0 radical (unpaired) electrons.